The Kier molecular flexibility index (Phi) is 3.12. The van der Waals surface area contributed by atoms with Crippen LogP contribution in [0.1, 0.15) is 16.1 Å². The first-order valence-electron chi connectivity index (χ1n) is 8.52. The maximum atomic E-state index is 12.6. The van der Waals surface area contributed by atoms with Crippen LogP contribution in [0.5, 0.6) is 11.5 Å². The molecule has 2 aliphatic rings. The molecule has 0 atom stereocenters. The van der Waals surface area contributed by atoms with Crippen LogP contribution in [0.3, 0.4) is 0 Å². The highest BCUT2D eigenvalue weighted by atomic mass is 16.7. The molecule has 0 fully saturated rings. The third-order valence-corrected chi connectivity index (χ3v) is 5.05. The molecule has 0 saturated heterocycles. The summed E-state index contributed by atoms with van der Waals surface area (Å²) in [4.78, 5) is 19.1. The molecule has 0 saturated carbocycles. The largest absolute Gasteiger partial charge is 0.454 e. The Morgan fingerprint density at radius 1 is 1.12 bits per heavy atom. The second kappa shape index (κ2) is 5.39. The molecule has 0 radical (unpaired) electrons. The molecule has 2 aliphatic heterocycles. The monoisotopic (exact) mass is 350 g/mol. The fourth-order valence-electron chi connectivity index (χ4n) is 3.64. The maximum absolute atomic E-state index is 12.6. The molecule has 5 rings (SSSR count). The molecule has 4 heterocycles. The zero-order chi connectivity index (χ0) is 17.8. The van der Waals surface area contributed by atoms with Gasteiger partial charge >= 0.3 is 0 Å². The molecule has 26 heavy (non-hydrogen) atoms. The van der Waals surface area contributed by atoms with Crippen molar-refractivity contribution in [3.8, 4) is 11.5 Å². The highest BCUT2D eigenvalue weighted by molar-refractivity contribution is 6.08. The third kappa shape index (κ3) is 2.13. The molecule has 0 bridgehead atoms. The van der Waals surface area contributed by atoms with E-state index in [0.29, 0.717) is 0 Å². The number of hydrogen-bond donors (Lipinski definition) is 1. The Morgan fingerprint density at radius 3 is 2.85 bits per heavy atom. The van der Waals surface area contributed by atoms with Gasteiger partial charge in [0.2, 0.25) is 6.79 Å². The molecule has 1 aromatic carbocycles. The minimum absolute atomic E-state index is 0.0649. The number of fused-ring (bicyclic) bond motifs is 4. The number of carbonyl (C=O) groups excluding carboxylic acids is 1. The van der Waals surface area contributed by atoms with Gasteiger partial charge in [-0.1, -0.05) is 0 Å². The van der Waals surface area contributed by atoms with Crippen LogP contribution >= 0.6 is 0 Å². The van der Waals surface area contributed by atoms with Crippen LogP contribution in [-0.4, -0.2) is 40.7 Å². The third-order valence-electron chi connectivity index (χ3n) is 5.05. The summed E-state index contributed by atoms with van der Waals surface area (Å²) in [5.41, 5.74) is 3.51. The predicted molar refractivity (Wildman–Crippen MR) is 97.2 cm³/mol. The molecule has 132 valence electrons. The van der Waals surface area contributed by atoms with Crippen molar-refractivity contribution < 1.29 is 14.3 Å². The van der Waals surface area contributed by atoms with E-state index >= 15 is 0 Å². The SMILES string of the molecule is CN1CCc2c(c3ccc(Nc4ccc5c(c4)OCO5)nc3n2C)C1=O. The number of hydrogen-bond acceptors (Lipinski definition) is 5. The number of nitrogens with one attached hydrogen (secondary N) is 1. The fourth-order valence-corrected chi connectivity index (χ4v) is 3.64. The van der Waals surface area contributed by atoms with Crippen molar-refractivity contribution in [1.29, 1.82) is 0 Å². The van der Waals surface area contributed by atoms with Gasteiger partial charge in [0.25, 0.3) is 5.91 Å². The minimum atomic E-state index is 0.0649. The molecule has 1 amide bonds. The molecule has 0 aliphatic carbocycles. The summed E-state index contributed by atoms with van der Waals surface area (Å²) in [6, 6.07) is 9.55. The van der Waals surface area contributed by atoms with Crippen molar-refractivity contribution in [3.05, 3.63) is 41.6 Å². The lowest BCUT2D eigenvalue weighted by Crippen LogP contribution is -2.34. The van der Waals surface area contributed by atoms with Gasteiger partial charge in [-0.05, 0) is 24.3 Å². The van der Waals surface area contributed by atoms with Crippen LogP contribution in [0.15, 0.2) is 30.3 Å². The van der Waals surface area contributed by atoms with Crippen molar-refractivity contribution in [3.63, 3.8) is 0 Å². The summed E-state index contributed by atoms with van der Waals surface area (Å²) >= 11 is 0. The number of aromatic nitrogens is 2. The van der Waals surface area contributed by atoms with Gasteiger partial charge in [-0.2, -0.15) is 0 Å². The molecule has 1 N–H and O–H groups in total. The highest BCUT2D eigenvalue weighted by Gasteiger charge is 2.28. The number of ether oxygens (including phenoxy) is 2. The van der Waals surface area contributed by atoms with E-state index in [4.69, 9.17) is 14.5 Å². The van der Waals surface area contributed by atoms with Crippen molar-refractivity contribution in [1.82, 2.24) is 14.5 Å². The number of benzene rings is 1. The van der Waals surface area contributed by atoms with Gasteiger partial charge < -0.3 is 24.3 Å². The number of likely N-dealkylation sites (N-methyl/N-ethyl adjacent to an activating group) is 1. The zero-order valence-electron chi connectivity index (χ0n) is 14.6. The molecule has 7 nitrogen and oxygen atoms in total. The van der Waals surface area contributed by atoms with Crippen molar-refractivity contribution >= 4 is 28.4 Å². The van der Waals surface area contributed by atoms with E-state index in [1.54, 1.807) is 4.90 Å². The first kappa shape index (κ1) is 15.1. The normalized spacial score (nSPS) is 15.5. The summed E-state index contributed by atoms with van der Waals surface area (Å²) in [5.74, 6) is 2.25. The molecule has 2 aromatic heterocycles. The van der Waals surface area contributed by atoms with Gasteiger partial charge in [-0.3, -0.25) is 4.79 Å². The Hall–Kier alpha value is -3.22. The lowest BCUT2D eigenvalue weighted by Gasteiger charge is -2.23. The van der Waals surface area contributed by atoms with E-state index < -0.39 is 0 Å². The van der Waals surface area contributed by atoms with E-state index in [1.165, 1.54) is 0 Å². The average Bonchev–Trinajstić information content (AvgIpc) is 3.21. The van der Waals surface area contributed by atoms with Crippen LogP contribution in [-0.2, 0) is 13.5 Å². The fraction of sp³-hybridized carbons (Fsp3) is 0.263. The summed E-state index contributed by atoms with van der Waals surface area (Å²) in [5, 5.41) is 4.20. The molecule has 0 spiro atoms. The Labute approximate surface area is 150 Å². The number of amides is 1. The van der Waals surface area contributed by atoms with E-state index in [2.05, 4.69) is 5.32 Å². The molecule has 3 aromatic rings. The lowest BCUT2D eigenvalue weighted by atomic mass is 10.0. The van der Waals surface area contributed by atoms with Crippen LogP contribution in [0.2, 0.25) is 0 Å². The van der Waals surface area contributed by atoms with E-state index in [1.807, 2.05) is 49.0 Å². The number of nitrogens with zero attached hydrogens (tertiary/aromatic N) is 3. The van der Waals surface area contributed by atoms with Crippen LogP contribution in [0.4, 0.5) is 11.5 Å². The van der Waals surface area contributed by atoms with Gasteiger partial charge in [0.15, 0.2) is 11.5 Å². The summed E-state index contributed by atoms with van der Waals surface area (Å²) < 4.78 is 12.8. The van der Waals surface area contributed by atoms with Gasteiger partial charge in [-0.25, -0.2) is 4.98 Å². The van der Waals surface area contributed by atoms with Gasteiger partial charge in [-0.15, -0.1) is 0 Å². The number of anilines is 2. The highest BCUT2D eigenvalue weighted by Crippen LogP contribution is 2.35. The lowest BCUT2D eigenvalue weighted by molar-refractivity contribution is 0.0781. The van der Waals surface area contributed by atoms with E-state index in [-0.39, 0.29) is 12.7 Å². The van der Waals surface area contributed by atoms with E-state index in [0.717, 1.165) is 58.3 Å². The minimum Gasteiger partial charge on any atom is -0.454 e. The van der Waals surface area contributed by atoms with Crippen molar-refractivity contribution in [2.75, 3.05) is 25.7 Å². The zero-order valence-corrected chi connectivity index (χ0v) is 14.6. The van der Waals surface area contributed by atoms with Crippen LogP contribution in [0, 0.1) is 0 Å². The maximum Gasteiger partial charge on any atom is 0.256 e. The second-order valence-electron chi connectivity index (χ2n) is 6.62. The number of rotatable bonds is 2. The van der Waals surface area contributed by atoms with E-state index in [9.17, 15) is 4.79 Å². The van der Waals surface area contributed by atoms with Crippen LogP contribution in [0.25, 0.3) is 11.0 Å². The first-order chi connectivity index (χ1) is 12.6. The Balaban J connectivity index is 1.55. The topological polar surface area (TPSA) is 68.6 Å². The number of carbonyl (C=O) groups is 1. The number of pyridine rings is 1. The Bertz CT molecular complexity index is 1060. The predicted octanol–water partition coefficient (Wildman–Crippen LogP) is 2.67. The molecule has 7 heteroatoms. The van der Waals surface area contributed by atoms with Crippen molar-refractivity contribution in [2.45, 2.75) is 6.42 Å². The van der Waals surface area contributed by atoms with Crippen molar-refractivity contribution in [2.24, 2.45) is 7.05 Å². The molecular formula is C19H18N4O3. The molecular weight excluding hydrogens is 332 g/mol. The molecule has 0 unspecified atom stereocenters. The van der Waals surface area contributed by atoms with Gasteiger partial charge in [0.1, 0.15) is 11.5 Å². The Morgan fingerprint density at radius 2 is 1.96 bits per heavy atom. The number of aryl methyl sites for hydroxylation is 1. The second-order valence-corrected chi connectivity index (χ2v) is 6.62. The van der Waals surface area contributed by atoms with Gasteiger partial charge in [0, 0.05) is 49.9 Å². The average molecular weight is 350 g/mol. The summed E-state index contributed by atoms with van der Waals surface area (Å²) in [6.45, 7) is 0.985. The standard InChI is InChI=1S/C19H18N4O3/c1-22-8-7-13-17(19(22)24)12-4-6-16(21-18(12)23(13)2)20-11-3-5-14-15(9-11)26-10-25-14/h3-6,9H,7-8,10H2,1-2H3,(H,20,21). The quantitative estimate of drug-likeness (QED) is 0.770. The first-order valence-corrected chi connectivity index (χ1v) is 8.52. The van der Waals surface area contributed by atoms with Gasteiger partial charge in [0.05, 0.1) is 5.56 Å². The van der Waals surface area contributed by atoms with Crippen LogP contribution < -0.4 is 14.8 Å². The summed E-state index contributed by atoms with van der Waals surface area (Å²) in [7, 11) is 3.81. The smallest absolute Gasteiger partial charge is 0.256 e. The summed E-state index contributed by atoms with van der Waals surface area (Å²) in [6.07, 6.45) is 0.843.